The van der Waals surface area contributed by atoms with E-state index in [0.717, 1.165) is 5.56 Å². The molecule has 0 saturated carbocycles. The zero-order valence-electron chi connectivity index (χ0n) is 8.31. The van der Waals surface area contributed by atoms with Gasteiger partial charge in [0.15, 0.2) is 5.82 Å². The van der Waals surface area contributed by atoms with Crippen LogP contribution in [0.15, 0.2) is 30.3 Å². The van der Waals surface area contributed by atoms with Gasteiger partial charge in [-0.25, -0.2) is 4.79 Å². The number of anilines is 1. The van der Waals surface area contributed by atoms with Crippen molar-refractivity contribution >= 4 is 11.9 Å². The number of nitrogen functional groups attached to an aromatic ring is 1. The number of carbonyl (C=O) groups excluding carboxylic acids is 1. The first-order valence-electron chi connectivity index (χ1n) is 4.55. The van der Waals surface area contributed by atoms with Crippen LogP contribution in [0.4, 0.5) is 10.6 Å². The Morgan fingerprint density at radius 3 is 2.62 bits per heavy atom. The van der Waals surface area contributed by atoms with Crippen LogP contribution in [0.25, 0.3) is 11.3 Å². The molecule has 0 aliphatic heterocycles. The summed E-state index contributed by atoms with van der Waals surface area (Å²) in [6.07, 6.45) is -0.937. The molecule has 0 radical (unpaired) electrons. The van der Waals surface area contributed by atoms with Gasteiger partial charge >= 0.3 is 12.1 Å². The van der Waals surface area contributed by atoms with Gasteiger partial charge in [-0.1, -0.05) is 30.3 Å². The maximum absolute atomic E-state index is 10.5. The molecular weight excluding hydrogens is 208 g/mol. The lowest BCUT2D eigenvalue weighted by molar-refractivity contribution is 0.207. The Balaban J connectivity index is 2.36. The summed E-state index contributed by atoms with van der Waals surface area (Å²) in [4.78, 5) is 17.1. The Labute approximate surface area is 91.2 Å². The lowest BCUT2D eigenvalue weighted by atomic mass is 10.2. The zero-order chi connectivity index (χ0) is 11.5. The number of benzene rings is 1. The number of nitrogens with zero attached hydrogens (tertiary/aromatic N) is 1. The molecule has 0 fully saturated rings. The third-order valence-corrected chi connectivity index (χ3v) is 1.97. The Kier molecular flexibility index (Phi) is 2.47. The van der Waals surface area contributed by atoms with E-state index >= 15 is 0 Å². The average Bonchev–Trinajstić information content (AvgIpc) is 2.60. The van der Waals surface area contributed by atoms with Crippen LogP contribution in [0.2, 0.25) is 0 Å². The van der Waals surface area contributed by atoms with Crippen molar-refractivity contribution < 1.29 is 9.53 Å². The first kappa shape index (κ1) is 10.0. The van der Waals surface area contributed by atoms with Gasteiger partial charge in [0.05, 0.1) is 5.69 Å². The molecule has 2 rings (SSSR count). The van der Waals surface area contributed by atoms with Crippen molar-refractivity contribution in [2.75, 3.05) is 5.73 Å². The first-order chi connectivity index (χ1) is 7.66. The summed E-state index contributed by atoms with van der Waals surface area (Å²) in [6, 6.07) is 9.32. The fourth-order valence-electron chi connectivity index (χ4n) is 1.33. The van der Waals surface area contributed by atoms with Gasteiger partial charge in [0.1, 0.15) is 0 Å². The second-order valence-electron chi connectivity index (χ2n) is 3.09. The van der Waals surface area contributed by atoms with Crippen molar-refractivity contribution in [2.24, 2.45) is 5.73 Å². The fraction of sp³-hybridized carbons (Fsp3) is 0. The van der Waals surface area contributed by atoms with Crippen LogP contribution in [0, 0.1) is 0 Å². The second-order valence-corrected chi connectivity index (χ2v) is 3.09. The molecule has 82 valence electrons. The van der Waals surface area contributed by atoms with E-state index in [4.69, 9.17) is 11.5 Å². The molecule has 0 aliphatic rings. The summed E-state index contributed by atoms with van der Waals surface area (Å²) in [6.45, 7) is 0. The molecule has 6 nitrogen and oxygen atoms in total. The molecule has 1 amide bonds. The normalized spacial score (nSPS) is 10.0. The van der Waals surface area contributed by atoms with Crippen molar-refractivity contribution in [1.29, 1.82) is 0 Å². The molecule has 1 aromatic heterocycles. The molecule has 16 heavy (non-hydrogen) atoms. The average molecular weight is 218 g/mol. The van der Waals surface area contributed by atoms with Crippen LogP contribution in [-0.2, 0) is 0 Å². The molecule has 0 spiro atoms. The monoisotopic (exact) mass is 218 g/mol. The minimum atomic E-state index is -0.937. The Morgan fingerprint density at radius 2 is 2.00 bits per heavy atom. The lowest BCUT2D eigenvalue weighted by Gasteiger charge is -1.97. The van der Waals surface area contributed by atoms with Gasteiger partial charge < -0.3 is 21.2 Å². The highest BCUT2D eigenvalue weighted by Crippen LogP contribution is 2.25. The number of amides is 1. The first-order valence-corrected chi connectivity index (χ1v) is 4.55. The SMILES string of the molecule is NC(=O)Oc1nc(N)c(-c2ccccc2)[nH]1. The summed E-state index contributed by atoms with van der Waals surface area (Å²) < 4.78 is 4.59. The van der Waals surface area contributed by atoms with Crippen LogP contribution in [0.5, 0.6) is 6.01 Å². The summed E-state index contributed by atoms with van der Waals surface area (Å²) in [7, 11) is 0. The lowest BCUT2D eigenvalue weighted by Crippen LogP contribution is -2.16. The number of nitrogens with two attached hydrogens (primary N) is 2. The van der Waals surface area contributed by atoms with Gasteiger partial charge in [0.2, 0.25) is 0 Å². The molecule has 6 heteroatoms. The number of imidazole rings is 1. The molecule has 0 unspecified atom stereocenters. The van der Waals surface area contributed by atoms with E-state index in [9.17, 15) is 4.79 Å². The number of aromatic amines is 1. The minimum Gasteiger partial charge on any atom is -0.382 e. The van der Waals surface area contributed by atoms with Crippen molar-refractivity contribution in [2.45, 2.75) is 0 Å². The van der Waals surface area contributed by atoms with Gasteiger partial charge in [-0.2, -0.15) is 4.98 Å². The van der Waals surface area contributed by atoms with E-state index in [2.05, 4.69) is 14.7 Å². The standard InChI is InChI=1S/C10H10N4O2/c11-8-7(6-4-2-1-3-5-6)13-10(14-8)16-9(12)15/h1-5H,11H2,(H2,12,15)(H,13,14). The maximum Gasteiger partial charge on any atom is 0.412 e. The number of aromatic nitrogens is 2. The number of H-pyrrole nitrogens is 1. The molecule has 5 N–H and O–H groups in total. The van der Waals surface area contributed by atoms with Crippen molar-refractivity contribution in [1.82, 2.24) is 9.97 Å². The van der Waals surface area contributed by atoms with Crippen LogP contribution in [0.3, 0.4) is 0 Å². The second kappa shape index (κ2) is 3.93. The molecule has 0 bridgehead atoms. The van der Waals surface area contributed by atoms with Crippen molar-refractivity contribution in [3.05, 3.63) is 30.3 Å². The number of hydrogen-bond acceptors (Lipinski definition) is 4. The number of carbonyl (C=O) groups is 1. The largest absolute Gasteiger partial charge is 0.412 e. The Hall–Kier alpha value is -2.50. The van der Waals surface area contributed by atoms with E-state index in [0.29, 0.717) is 5.69 Å². The zero-order valence-corrected chi connectivity index (χ0v) is 8.31. The summed E-state index contributed by atoms with van der Waals surface area (Å²) in [5, 5.41) is 0. The molecule has 2 aromatic rings. The molecule has 0 saturated heterocycles. The van der Waals surface area contributed by atoms with E-state index < -0.39 is 6.09 Å². The predicted octanol–water partition coefficient (Wildman–Crippen LogP) is 1.12. The van der Waals surface area contributed by atoms with Crippen LogP contribution in [-0.4, -0.2) is 16.1 Å². The van der Waals surface area contributed by atoms with Crippen molar-refractivity contribution in [3.8, 4) is 17.3 Å². The van der Waals surface area contributed by atoms with Gasteiger partial charge in [0, 0.05) is 5.56 Å². The Bertz CT molecular complexity index is 507. The van der Waals surface area contributed by atoms with Gasteiger partial charge in [-0.05, 0) is 0 Å². The predicted molar refractivity (Wildman–Crippen MR) is 58.6 cm³/mol. The highest BCUT2D eigenvalue weighted by Gasteiger charge is 2.11. The third-order valence-electron chi connectivity index (χ3n) is 1.97. The summed E-state index contributed by atoms with van der Waals surface area (Å²) in [5.41, 5.74) is 12.0. The van der Waals surface area contributed by atoms with E-state index in [-0.39, 0.29) is 11.8 Å². The molecule has 0 aliphatic carbocycles. The number of primary amides is 1. The highest BCUT2D eigenvalue weighted by atomic mass is 16.6. The van der Waals surface area contributed by atoms with Gasteiger partial charge in [-0.3, -0.25) is 0 Å². The highest BCUT2D eigenvalue weighted by molar-refractivity contribution is 5.72. The third kappa shape index (κ3) is 1.95. The van der Waals surface area contributed by atoms with E-state index in [1.807, 2.05) is 30.3 Å². The Morgan fingerprint density at radius 1 is 1.31 bits per heavy atom. The van der Waals surface area contributed by atoms with E-state index in [1.54, 1.807) is 0 Å². The number of nitrogens with one attached hydrogen (secondary N) is 1. The van der Waals surface area contributed by atoms with Crippen molar-refractivity contribution in [3.63, 3.8) is 0 Å². The molecular formula is C10H10N4O2. The number of hydrogen-bond donors (Lipinski definition) is 3. The molecule has 0 atom stereocenters. The van der Waals surface area contributed by atoms with Gasteiger partial charge in [0.25, 0.3) is 0 Å². The quantitative estimate of drug-likeness (QED) is 0.701. The van der Waals surface area contributed by atoms with Crippen LogP contribution >= 0.6 is 0 Å². The van der Waals surface area contributed by atoms with Crippen LogP contribution < -0.4 is 16.2 Å². The summed E-state index contributed by atoms with van der Waals surface area (Å²) in [5.74, 6) is 0.252. The summed E-state index contributed by atoms with van der Waals surface area (Å²) >= 11 is 0. The topological polar surface area (TPSA) is 107 Å². The number of ether oxygens (including phenoxy) is 1. The minimum absolute atomic E-state index is 0.0103. The maximum atomic E-state index is 10.5. The fourth-order valence-corrected chi connectivity index (χ4v) is 1.33. The van der Waals surface area contributed by atoms with Gasteiger partial charge in [-0.15, -0.1) is 0 Å². The molecule has 1 heterocycles. The molecule has 1 aromatic carbocycles. The van der Waals surface area contributed by atoms with E-state index in [1.165, 1.54) is 0 Å². The smallest absolute Gasteiger partial charge is 0.382 e. The number of rotatable bonds is 2. The van der Waals surface area contributed by atoms with Crippen LogP contribution in [0.1, 0.15) is 0 Å².